The van der Waals surface area contributed by atoms with Crippen molar-refractivity contribution in [3.8, 4) is 5.75 Å². The maximum Gasteiger partial charge on any atom is 0.380 e. The van der Waals surface area contributed by atoms with Crippen molar-refractivity contribution >= 4 is 18.5 Å². The summed E-state index contributed by atoms with van der Waals surface area (Å²) in [5.74, 6) is 1.14. The first-order valence-electron chi connectivity index (χ1n) is 5.36. The third-order valence-corrected chi connectivity index (χ3v) is 4.09. The van der Waals surface area contributed by atoms with Gasteiger partial charge < -0.3 is 4.52 Å². The molecule has 0 fully saturated rings. The molecule has 0 spiro atoms. The van der Waals surface area contributed by atoms with Crippen molar-refractivity contribution in [3.05, 3.63) is 18.2 Å². The van der Waals surface area contributed by atoms with Crippen LogP contribution >= 0.6 is 6.72 Å². The molecule has 1 aromatic rings. The number of aryl methyl sites for hydroxylation is 1. The first kappa shape index (κ1) is 14.5. The molecule has 0 radical (unpaired) electrons. The lowest BCUT2D eigenvalue weighted by atomic mass is 10.5. The van der Waals surface area contributed by atoms with E-state index >= 15 is 0 Å². The Hall–Kier alpha value is -0.550. The van der Waals surface area contributed by atoms with E-state index in [0.717, 1.165) is 0 Å². The Morgan fingerprint density at radius 3 is 2.41 bits per heavy atom. The Morgan fingerprint density at radius 1 is 1.35 bits per heavy atom. The lowest BCUT2D eigenvalue weighted by Gasteiger charge is -2.23. The van der Waals surface area contributed by atoms with Gasteiger partial charge in [-0.25, -0.2) is 9.97 Å². The number of rotatable bonds is 6. The van der Waals surface area contributed by atoms with Crippen LogP contribution in [0.25, 0.3) is 0 Å². The molecule has 7 heteroatoms. The van der Waals surface area contributed by atoms with Crippen molar-refractivity contribution in [1.82, 2.24) is 9.97 Å². The normalized spacial score (nSPS) is 14.6. The van der Waals surface area contributed by atoms with Gasteiger partial charge in [0.05, 0.1) is 25.1 Å². The summed E-state index contributed by atoms with van der Waals surface area (Å²) in [4.78, 5) is 8.05. The molecule has 0 saturated carbocycles. The Balaban J connectivity index is 2.79. The zero-order chi connectivity index (χ0) is 12.9. The minimum atomic E-state index is -2.76. The molecule has 0 amide bonds. The Kier molecular flexibility index (Phi) is 5.46. The summed E-state index contributed by atoms with van der Waals surface area (Å²) in [5.41, 5.74) is 0. The molecule has 0 aliphatic carbocycles. The number of nitrogens with zero attached hydrogens (tertiary/aromatic N) is 2. The summed E-state index contributed by atoms with van der Waals surface area (Å²) in [5, 5.41) is 0. The Labute approximate surface area is 107 Å². The Bertz CT molecular complexity index is 397. The fraction of sp³-hybridized carbons (Fsp3) is 0.600. The molecule has 17 heavy (non-hydrogen) atoms. The van der Waals surface area contributed by atoms with Gasteiger partial charge in [-0.05, 0) is 27.7 Å². The van der Waals surface area contributed by atoms with E-state index in [2.05, 4.69) is 9.97 Å². The third kappa shape index (κ3) is 5.08. The first-order chi connectivity index (χ1) is 7.95. The molecule has 0 aliphatic rings. The van der Waals surface area contributed by atoms with Gasteiger partial charge in [0.1, 0.15) is 5.82 Å². The fourth-order valence-electron chi connectivity index (χ4n) is 1.05. The van der Waals surface area contributed by atoms with E-state index < -0.39 is 6.72 Å². The topological polar surface area (TPSA) is 53.5 Å². The number of aromatic nitrogens is 2. The molecule has 0 saturated heterocycles. The van der Waals surface area contributed by atoms with Crippen LogP contribution in [0.5, 0.6) is 5.75 Å². The standard InChI is InChI=1S/C10H17N2O3PS/c1-5-13-16(17,14-8(2)3)15-10-6-11-9(4)12-7-10/h6-8H,5H2,1-4H3. The third-order valence-electron chi connectivity index (χ3n) is 1.60. The van der Waals surface area contributed by atoms with Gasteiger partial charge >= 0.3 is 6.72 Å². The van der Waals surface area contributed by atoms with Gasteiger partial charge in [0.25, 0.3) is 0 Å². The second-order valence-electron chi connectivity index (χ2n) is 3.58. The lowest BCUT2D eigenvalue weighted by molar-refractivity contribution is 0.171. The largest absolute Gasteiger partial charge is 0.421 e. The van der Waals surface area contributed by atoms with Crippen molar-refractivity contribution < 1.29 is 13.6 Å². The zero-order valence-corrected chi connectivity index (χ0v) is 12.1. The average Bonchev–Trinajstić information content (AvgIpc) is 2.20. The van der Waals surface area contributed by atoms with Gasteiger partial charge in [0, 0.05) is 11.8 Å². The fourth-order valence-corrected chi connectivity index (χ4v) is 3.48. The predicted molar refractivity (Wildman–Crippen MR) is 69.5 cm³/mol. The predicted octanol–water partition coefficient (Wildman–Crippen LogP) is 2.85. The van der Waals surface area contributed by atoms with E-state index in [-0.39, 0.29) is 6.10 Å². The molecule has 5 nitrogen and oxygen atoms in total. The molecular formula is C10H17N2O3PS. The molecule has 96 valence electrons. The van der Waals surface area contributed by atoms with Crippen molar-refractivity contribution in [1.29, 1.82) is 0 Å². The van der Waals surface area contributed by atoms with Crippen molar-refractivity contribution in [2.75, 3.05) is 6.61 Å². The number of hydrogen-bond acceptors (Lipinski definition) is 6. The molecule has 1 rings (SSSR count). The summed E-state index contributed by atoms with van der Waals surface area (Å²) in [6.07, 6.45) is 3.07. The zero-order valence-electron chi connectivity index (χ0n) is 10.4. The van der Waals surface area contributed by atoms with Crippen molar-refractivity contribution in [2.24, 2.45) is 0 Å². The van der Waals surface area contributed by atoms with Gasteiger partial charge in [-0.2, -0.15) is 0 Å². The van der Waals surface area contributed by atoms with Gasteiger partial charge in [-0.1, -0.05) is 0 Å². The van der Waals surface area contributed by atoms with Crippen molar-refractivity contribution in [3.63, 3.8) is 0 Å². The molecule has 0 aliphatic heterocycles. The van der Waals surface area contributed by atoms with Crippen LogP contribution in [0.3, 0.4) is 0 Å². The van der Waals surface area contributed by atoms with Crippen LogP contribution in [0.15, 0.2) is 12.4 Å². The molecule has 1 heterocycles. The molecular weight excluding hydrogens is 259 g/mol. The second kappa shape index (κ2) is 6.40. The molecule has 1 atom stereocenters. The van der Waals surface area contributed by atoms with Crippen LogP contribution < -0.4 is 4.52 Å². The highest BCUT2D eigenvalue weighted by atomic mass is 32.5. The maximum absolute atomic E-state index is 5.56. The summed E-state index contributed by atoms with van der Waals surface area (Å²) >= 11 is 5.28. The van der Waals surface area contributed by atoms with E-state index in [0.29, 0.717) is 18.2 Å². The summed E-state index contributed by atoms with van der Waals surface area (Å²) in [6.45, 7) is 5.10. The van der Waals surface area contributed by atoms with E-state index in [4.69, 9.17) is 25.4 Å². The minimum Gasteiger partial charge on any atom is -0.421 e. The summed E-state index contributed by atoms with van der Waals surface area (Å²) in [7, 11) is 0. The minimum absolute atomic E-state index is 0.0567. The van der Waals surface area contributed by atoms with Gasteiger partial charge in [0.2, 0.25) is 0 Å². The molecule has 1 aromatic heterocycles. The highest BCUT2D eigenvalue weighted by molar-refractivity contribution is 8.07. The van der Waals surface area contributed by atoms with Gasteiger partial charge in [-0.15, -0.1) is 0 Å². The van der Waals surface area contributed by atoms with Crippen LogP contribution in [0.1, 0.15) is 26.6 Å². The lowest BCUT2D eigenvalue weighted by Crippen LogP contribution is -2.08. The first-order valence-corrected chi connectivity index (χ1v) is 7.92. The van der Waals surface area contributed by atoms with E-state index in [9.17, 15) is 0 Å². The SMILES string of the molecule is CCOP(=S)(Oc1cnc(C)nc1)OC(C)C. The van der Waals surface area contributed by atoms with Crippen LogP contribution in [0, 0.1) is 6.92 Å². The number of hydrogen-bond donors (Lipinski definition) is 0. The average molecular weight is 276 g/mol. The summed E-state index contributed by atoms with van der Waals surface area (Å²) in [6, 6.07) is 0. The van der Waals surface area contributed by atoms with E-state index in [1.54, 1.807) is 19.3 Å². The second-order valence-corrected chi connectivity index (χ2v) is 6.46. The molecule has 0 bridgehead atoms. The molecule has 0 N–H and O–H groups in total. The molecule has 1 unspecified atom stereocenters. The van der Waals surface area contributed by atoms with Crippen LogP contribution in [-0.2, 0) is 20.9 Å². The van der Waals surface area contributed by atoms with Crippen molar-refractivity contribution in [2.45, 2.75) is 33.8 Å². The Morgan fingerprint density at radius 2 is 1.94 bits per heavy atom. The summed E-state index contributed by atoms with van der Waals surface area (Å²) < 4.78 is 16.5. The quantitative estimate of drug-likeness (QED) is 0.745. The maximum atomic E-state index is 5.56. The highest BCUT2D eigenvalue weighted by Crippen LogP contribution is 2.50. The van der Waals surface area contributed by atoms with Crippen LogP contribution in [-0.4, -0.2) is 22.7 Å². The molecule has 0 aromatic carbocycles. The van der Waals surface area contributed by atoms with E-state index in [1.165, 1.54) is 0 Å². The highest BCUT2D eigenvalue weighted by Gasteiger charge is 2.23. The monoisotopic (exact) mass is 276 g/mol. The van der Waals surface area contributed by atoms with Crippen LogP contribution in [0.4, 0.5) is 0 Å². The van der Waals surface area contributed by atoms with Gasteiger partial charge in [-0.3, -0.25) is 9.05 Å². The van der Waals surface area contributed by atoms with Crippen LogP contribution in [0.2, 0.25) is 0 Å². The van der Waals surface area contributed by atoms with E-state index in [1.807, 2.05) is 20.8 Å². The smallest absolute Gasteiger partial charge is 0.380 e. The van der Waals surface area contributed by atoms with Gasteiger partial charge in [0.15, 0.2) is 5.75 Å².